The van der Waals surface area contributed by atoms with Crippen molar-refractivity contribution in [3.05, 3.63) is 95.6 Å². The van der Waals surface area contributed by atoms with Gasteiger partial charge in [-0.25, -0.2) is 0 Å². The molecule has 0 bridgehead atoms. The molecule has 1 aliphatic rings. The summed E-state index contributed by atoms with van der Waals surface area (Å²) in [6, 6.07) is 27.8. The minimum absolute atomic E-state index is 0.0308. The monoisotopic (exact) mass is 485 g/mol. The van der Waals surface area contributed by atoms with Gasteiger partial charge in [-0.3, -0.25) is 0 Å². The van der Waals surface area contributed by atoms with Crippen LogP contribution in [0.3, 0.4) is 0 Å². The van der Waals surface area contributed by atoms with E-state index >= 15 is 0 Å². The van der Waals surface area contributed by atoms with Gasteiger partial charge in [0, 0.05) is 11.6 Å². The van der Waals surface area contributed by atoms with Crippen LogP contribution in [-0.4, -0.2) is 22.9 Å². The second kappa shape index (κ2) is 11.2. The van der Waals surface area contributed by atoms with E-state index in [1.807, 2.05) is 62.4 Å². The van der Waals surface area contributed by atoms with Gasteiger partial charge >= 0.3 is 0 Å². The molecule has 3 unspecified atom stereocenters. The molecule has 0 spiro atoms. The summed E-state index contributed by atoms with van der Waals surface area (Å²) in [5.74, 6) is 1.20. The maximum absolute atomic E-state index is 11.8. The third-order valence-corrected chi connectivity index (χ3v) is 6.72. The van der Waals surface area contributed by atoms with Crippen LogP contribution in [0.25, 0.3) is 0 Å². The number of aryl methyl sites for hydroxylation is 1. The number of aliphatic hydroxyl groups is 1. The average molecular weight is 486 g/mol. The molecule has 4 rings (SSSR count). The summed E-state index contributed by atoms with van der Waals surface area (Å²) in [6.07, 6.45) is 2.15. The first kappa shape index (κ1) is 25.8. The zero-order chi connectivity index (χ0) is 25.6. The van der Waals surface area contributed by atoms with Crippen LogP contribution in [-0.2, 0) is 23.4 Å². The number of hydrogen-bond acceptors (Lipinski definition) is 5. The maximum atomic E-state index is 11.8. The van der Waals surface area contributed by atoms with Crippen LogP contribution in [0.4, 0.5) is 0 Å². The van der Waals surface area contributed by atoms with Crippen LogP contribution >= 0.6 is 0 Å². The second-order valence-corrected chi connectivity index (χ2v) is 10.1. The van der Waals surface area contributed by atoms with E-state index in [4.69, 9.17) is 14.2 Å². The van der Waals surface area contributed by atoms with Crippen molar-refractivity contribution >= 4 is 0 Å². The molecule has 0 aromatic heterocycles. The molecule has 0 fully saturated rings. The smallest absolute Gasteiger partial charge is 0.136 e. The number of ether oxygens (including phenoxy) is 3. The van der Waals surface area contributed by atoms with Crippen molar-refractivity contribution in [2.45, 2.75) is 76.5 Å². The predicted molar refractivity (Wildman–Crippen MR) is 140 cm³/mol. The Balaban J connectivity index is 1.48. The van der Waals surface area contributed by atoms with E-state index < -0.39 is 17.3 Å². The fraction of sp³-hybridized carbons (Fsp3) is 0.387. The zero-order valence-corrected chi connectivity index (χ0v) is 21.3. The lowest BCUT2D eigenvalue weighted by atomic mass is 9.75. The number of nitriles is 1. The minimum Gasteiger partial charge on any atom is -0.491 e. The lowest BCUT2D eigenvalue weighted by molar-refractivity contribution is -0.200. The van der Waals surface area contributed by atoms with Crippen LogP contribution in [0.1, 0.15) is 56.7 Å². The van der Waals surface area contributed by atoms with Crippen molar-refractivity contribution in [1.82, 2.24) is 0 Å². The highest BCUT2D eigenvalue weighted by Gasteiger charge is 2.54. The molecule has 0 saturated carbocycles. The molecule has 0 amide bonds. The van der Waals surface area contributed by atoms with E-state index in [0.29, 0.717) is 23.7 Å². The molecule has 36 heavy (non-hydrogen) atoms. The van der Waals surface area contributed by atoms with E-state index in [9.17, 15) is 10.4 Å². The van der Waals surface area contributed by atoms with E-state index in [-0.39, 0.29) is 12.5 Å². The summed E-state index contributed by atoms with van der Waals surface area (Å²) in [5.41, 5.74) is 0.483. The van der Waals surface area contributed by atoms with E-state index in [1.165, 1.54) is 5.56 Å². The summed E-state index contributed by atoms with van der Waals surface area (Å²) >= 11 is 0. The standard InChI is InChI=1S/C31H35NO4/c1-23(11-10-16-24-12-6-4-7-13-24)35-26-17-18-27-28(21-26)36-30(2,3)29(31(27,33)19-20-32)34-22-25-14-8-5-9-15-25/h4-9,12-15,17-18,21,23,29,33H,10-11,16,19,22H2,1-3H3. The maximum Gasteiger partial charge on any atom is 0.136 e. The molecular formula is C31H35NO4. The Morgan fingerprint density at radius 3 is 2.33 bits per heavy atom. The molecule has 1 aliphatic heterocycles. The highest BCUT2D eigenvalue weighted by atomic mass is 16.6. The number of rotatable bonds is 10. The number of benzene rings is 3. The fourth-order valence-corrected chi connectivity index (χ4v) is 5.00. The van der Waals surface area contributed by atoms with Gasteiger partial charge in [0.1, 0.15) is 28.8 Å². The summed E-state index contributed by atoms with van der Waals surface area (Å²) < 4.78 is 18.8. The lowest BCUT2D eigenvalue weighted by Gasteiger charge is -2.48. The summed E-state index contributed by atoms with van der Waals surface area (Å²) in [5, 5.41) is 21.4. The molecule has 188 valence electrons. The van der Waals surface area contributed by atoms with Crippen LogP contribution in [0.5, 0.6) is 11.5 Å². The third kappa shape index (κ3) is 5.90. The topological polar surface area (TPSA) is 71.7 Å². The van der Waals surface area contributed by atoms with Gasteiger partial charge in [0.2, 0.25) is 0 Å². The Kier molecular flexibility index (Phi) is 7.98. The van der Waals surface area contributed by atoms with Gasteiger partial charge < -0.3 is 19.3 Å². The quantitative estimate of drug-likeness (QED) is 0.363. The zero-order valence-electron chi connectivity index (χ0n) is 21.3. The van der Waals surface area contributed by atoms with Crippen molar-refractivity contribution in [1.29, 1.82) is 5.26 Å². The Morgan fingerprint density at radius 1 is 1.00 bits per heavy atom. The largest absolute Gasteiger partial charge is 0.491 e. The van der Waals surface area contributed by atoms with Gasteiger partial charge in [-0.2, -0.15) is 5.26 Å². The van der Waals surface area contributed by atoms with Crippen LogP contribution in [0.2, 0.25) is 0 Å². The summed E-state index contributed by atoms with van der Waals surface area (Å²) in [4.78, 5) is 0. The number of hydrogen-bond donors (Lipinski definition) is 1. The van der Waals surface area contributed by atoms with Gasteiger partial charge in [0.05, 0.1) is 25.2 Å². The van der Waals surface area contributed by atoms with E-state index in [0.717, 1.165) is 24.8 Å². The molecular weight excluding hydrogens is 450 g/mol. The molecule has 1 N–H and O–H groups in total. The van der Waals surface area contributed by atoms with Gasteiger partial charge in [0.15, 0.2) is 0 Å². The van der Waals surface area contributed by atoms with Crippen LogP contribution in [0.15, 0.2) is 78.9 Å². The highest BCUT2D eigenvalue weighted by Crippen LogP contribution is 2.48. The minimum atomic E-state index is -1.51. The molecule has 1 heterocycles. The molecule has 0 aliphatic carbocycles. The molecule has 5 heteroatoms. The first-order valence-corrected chi connectivity index (χ1v) is 12.6. The van der Waals surface area contributed by atoms with Crippen molar-refractivity contribution in [3.8, 4) is 17.6 Å². The fourth-order valence-electron chi connectivity index (χ4n) is 5.00. The normalized spacial score (nSPS) is 21.0. The van der Waals surface area contributed by atoms with Crippen LogP contribution < -0.4 is 9.47 Å². The van der Waals surface area contributed by atoms with Gasteiger partial charge in [-0.1, -0.05) is 60.7 Å². The van der Waals surface area contributed by atoms with E-state index in [1.54, 1.807) is 6.07 Å². The van der Waals surface area contributed by atoms with Gasteiger partial charge in [-0.15, -0.1) is 0 Å². The summed E-state index contributed by atoms with van der Waals surface area (Å²) in [7, 11) is 0. The molecule has 3 atom stereocenters. The number of nitrogens with zero attached hydrogens (tertiary/aromatic N) is 1. The summed E-state index contributed by atoms with van der Waals surface area (Å²) in [6.45, 7) is 6.14. The first-order chi connectivity index (χ1) is 17.3. The van der Waals surface area contributed by atoms with Crippen molar-refractivity contribution in [2.24, 2.45) is 0 Å². The number of fused-ring (bicyclic) bond motifs is 1. The highest BCUT2D eigenvalue weighted by molar-refractivity contribution is 5.48. The van der Waals surface area contributed by atoms with Crippen LogP contribution in [0, 0.1) is 11.3 Å². The Bertz CT molecular complexity index is 1170. The Morgan fingerprint density at radius 2 is 1.67 bits per heavy atom. The average Bonchev–Trinajstić information content (AvgIpc) is 2.85. The van der Waals surface area contributed by atoms with Crippen molar-refractivity contribution < 1.29 is 19.3 Å². The molecule has 3 aromatic carbocycles. The lowest BCUT2D eigenvalue weighted by Crippen LogP contribution is -2.59. The Hall–Kier alpha value is -3.33. The SMILES string of the molecule is CC(CCCc1ccccc1)Oc1ccc2c(c1)OC(C)(C)C(OCc1ccccc1)C2(O)CC#N. The Labute approximate surface area is 214 Å². The molecule has 0 radical (unpaired) electrons. The first-order valence-electron chi connectivity index (χ1n) is 12.6. The van der Waals surface area contributed by atoms with Gasteiger partial charge in [-0.05, 0) is 63.3 Å². The molecule has 0 saturated heterocycles. The predicted octanol–water partition coefficient (Wildman–Crippen LogP) is 6.33. The third-order valence-electron chi connectivity index (χ3n) is 6.72. The molecule has 3 aromatic rings. The molecule has 5 nitrogen and oxygen atoms in total. The van der Waals surface area contributed by atoms with Crippen molar-refractivity contribution in [2.75, 3.05) is 0 Å². The van der Waals surface area contributed by atoms with Gasteiger partial charge in [0.25, 0.3) is 0 Å². The second-order valence-electron chi connectivity index (χ2n) is 10.1. The van der Waals surface area contributed by atoms with E-state index in [2.05, 4.69) is 37.3 Å². The van der Waals surface area contributed by atoms with Crippen molar-refractivity contribution in [3.63, 3.8) is 0 Å².